The molecule has 1 spiro atoms. The third kappa shape index (κ3) is 4.62. The molecule has 2 N–H and O–H groups in total. The van der Waals surface area contributed by atoms with Gasteiger partial charge in [0, 0.05) is 26.1 Å². The van der Waals surface area contributed by atoms with Crippen molar-refractivity contribution < 1.29 is 19.7 Å². The van der Waals surface area contributed by atoms with Crippen LogP contribution in [0.1, 0.15) is 30.4 Å². The highest BCUT2D eigenvalue weighted by molar-refractivity contribution is 5.78. The monoisotopic (exact) mass is 362 g/mol. The normalized spacial score (nSPS) is 25.7. The molecule has 2 atom stereocenters. The van der Waals surface area contributed by atoms with Crippen molar-refractivity contribution in [2.75, 3.05) is 33.3 Å². The molecule has 0 unspecified atom stereocenters. The largest absolute Gasteiger partial charge is 0.390 e. The summed E-state index contributed by atoms with van der Waals surface area (Å²) in [6.07, 6.45) is 0.347. The molecular weight excluding hydrogens is 332 g/mol. The number of likely N-dealkylation sites (tertiary alicyclic amines) is 1. The highest BCUT2D eigenvalue weighted by Crippen LogP contribution is 2.35. The Hall–Kier alpha value is -1.47. The third-order valence-electron chi connectivity index (χ3n) is 5.59. The lowest BCUT2D eigenvalue weighted by Gasteiger charge is -2.46. The second kappa shape index (κ2) is 8.05. The minimum absolute atomic E-state index is 0.130. The Kier molecular flexibility index (Phi) is 5.97. The van der Waals surface area contributed by atoms with Crippen LogP contribution in [0.2, 0.25) is 0 Å². The highest BCUT2D eigenvalue weighted by Gasteiger charge is 2.43. The number of aliphatic hydroxyl groups is 2. The molecule has 0 saturated carbocycles. The number of hydrogen-bond acceptors (Lipinski definition) is 5. The van der Waals surface area contributed by atoms with Crippen LogP contribution in [0.4, 0.5) is 0 Å². The Morgan fingerprint density at radius 1 is 1.23 bits per heavy atom. The van der Waals surface area contributed by atoms with Gasteiger partial charge in [-0.2, -0.15) is 0 Å². The van der Waals surface area contributed by atoms with E-state index in [1.165, 1.54) is 11.1 Å². The maximum Gasteiger partial charge on any atom is 0.236 e. The summed E-state index contributed by atoms with van der Waals surface area (Å²) in [6.45, 7) is 4.66. The first-order valence-electron chi connectivity index (χ1n) is 9.39. The van der Waals surface area contributed by atoms with Gasteiger partial charge < -0.3 is 19.8 Å². The van der Waals surface area contributed by atoms with Crippen LogP contribution in [0.25, 0.3) is 0 Å². The van der Waals surface area contributed by atoms with Crippen molar-refractivity contribution in [1.82, 2.24) is 9.80 Å². The van der Waals surface area contributed by atoms with Gasteiger partial charge in [0.1, 0.15) is 6.10 Å². The summed E-state index contributed by atoms with van der Waals surface area (Å²) in [5, 5.41) is 19.6. The zero-order valence-corrected chi connectivity index (χ0v) is 15.7. The van der Waals surface area contributed by atoms with Gasteiger partial charge in [0.25, 0.3) is 0 Å². The van der Waals surface area contributed by atoms with Crippen molar-refractivity contribution in [2.24, 2.45) is 0 Å². The lowest BCUT2D eigenvalue weighted by atomic mass is 9.82. The fraction of sp³-hybridized carbons (Fsp3) is 0.650. The second-order valence-corrected chi connectivity index (χ2v) is 7.87. The Balaban J connectivity index is 1.47. The molecule has 144 valence electrons. The Bertz CT molecular complexity index is 611. The van der Waals surface area contributed by atoms with Crippen LogP contribution in [-0.2, 0) is 16.1 Å². The zero-order chi connectivity index (χ0) is 18.7. The van der Waals surface area contributed by atoms with Crippen LogP contribution in [-0.4, -0.2) is 77.0 Å². The summed E-state index contributed by atoms with van der Waals surface area (Å²) in [6, 6.07) is 8.37. The summed E-state index contributed by atoms with van der Waals surface area (Å²) in [7, 11) is 1.96. The van der Waals surface area contributed by atoms with Crippen molar-refractivity contribution in [3.8, 4) is 0 Å². The fourth-order valence-corrected chi connectivity index (χ4v) is 3.85. The molecular formula is C20H30N2O4. The number of aliphatic hydroxyl groups excluding tert-OH is 2. The first kappa shape index (κ1) is 19.3. The molecule has 2 saturated heterocycles. The maximum atomic E-state index is 12.6. The number of carbonyl (C=O) groups is 1. The maximum absolute atomic E-state index is 12.6. The molecule has 1 aromatic carbocycles. The van der Waals surface area contributed by atoms with Gasteiger partial charge in [0.2, 0.25) is 5.91 Å². The number of hydrogen-bond donors (Lipinski definition) is 2. The number of nitrogens with zero attached hydrogens (tertiary/aromatic N) is 2. The molecule has 0 aromatic heterocycles. The summed E-state index contributed by atoms with van der Waals surface area (Å²) in [5.41, 5.74) is 2.05. The van der Waals surface area contributed by atoms with Crippen molar-refractivity contribution >= 4 is 5.91 Å². The molecule has 2 heterocycles. The van der Waals surface area contributed by atoms with E-state index in [2.05, 4.69) is 31.2 Å². The average Bonchev–Trinajstić information content (AvgIpc) is 2.61. The van der Waals surface area contributed by atoms with Crippen molar-refractivity contribution in [2.45, 2.75) is 50.5 Å². The highest BCUT2D eigenvalue weighted by atomic mass is 16.5. The standard InChI is InChI=1S/C20H30N2O4/c1-15-3-5-16(6-4-15)12-21(2)13-19(25)22-9-7-20(8-10-22)11-17(23)18(24)14-26-20/h3-6,17-18,23-24H,7-14H2,1-2H3/t17-,18+/m1/s1. The van der Waals surface area contributed by atoms with Gasteiger partial charge in [-0.15, -0.1) is 0 Å². The summed E-state index contributed by atoms with van der Waals surface area (Å²) < 4.78 is 5.83. The molecule has 0 radical (unpaired) electrons. The van der Waals surface area contributed by atoms with Crippen LogP contribution in [0.15, 0.2) is 24.3 Å². The molecule has 2 fully saturated rings. The van der Waals surface area contributed by atoms with E-state index in [0.29, 0.717) is 38.9 Å². The van der Waals surface area contributed by atoms with E-state index in [1.807, 2.05) is 16.8 Å². The van der Waals surface area contributed by atoms with Gasteiger partial charge in [-0.1, -0.05) is 29.8 Å². The van der Waals surface area contributed by atoms with Gasteiger partial charge >= 0.3 is 0 Å². The smallest absolute Gasteiger partial charge is 0.236 e. The zero-order valence-electron chi connectivity index (χ0n) is 15.7. The number of likely N-dealkylation sites (N-methyl/N-ethyl adjacent to an activating group) is 1. The van der Waals surface area contributed by atoms with E-state index in [-0.39, 0.29) is 18.1 Å². The van der Waals surface area contributed by atoms with E-state index in [0.717, 1.165) is 6.54 Å². The lowest BCUT2D eigenvalue weighted by molar-refractivity contribution is -0.189. The fourth-order valence-electron chi connectivity index (χ4n) is 3.85. The Labute approximate surface area is 155 Å². The summed E-state index contributed by atoms with van der Waals surface area (Å²) >= 11 is 0. The lowest BCUT2D eigenvalue weighted by Crippen LogP contribution is -2.55. The SMILES string of the molecule is Cc1ccc(CN(C)CC(=O)N2CCC3(CC2)C[C@@H](O)[C@@H](O)CO3)cc1. The van der Waals surface area contributed by atoms with Crippen LogP contribution in [0.5, 0.6) is 0 Å². The number of benzene rings is 1. The number of carbonyl (C=O) groups excluding carboxylic acids is 1. The third-order valence-corrected chi connectivity index (χ3v) is 5.59. The molecule has 1 amide bonds. The number of aryl methyl sites for hydroxylation is 1. The molecule has 2 aliphatic rings. The van der Waals surface area contributed by atoms with Crippen molar-refractivity contribution in [3.05, 3.63) is 35.4 Å². The second-order valence-electron chi connectivity index (χ2n) is 7.87. The number of piperidine rings is 1. The van der Waals surface area contributed by atoms with E-state index < -0.39 is 12.2 Å². The van der Waals surface area contributed by atoms with Gasteiger partial charge in [-0.3, -0.25) is 9.69 Å². The minimum atomic E-state index is -0.796. The minimum Gasteiger partial charge on any atom is -0.390 e. The molecule has 3 rings (SSSR count). The predicted octanol–water partition coefficient (Wildman–Crippen LogP) is 0.930. The van der Waals surface area contributed by atoms with Gasteiger partial charge in [-0.05, 0) is 32.4 Å². The molecule has 6 heteroatoms. The number of ether oxygens (including phenoxy) is 1. The van der Waals surface area contributed by atoms with Crippen molar-refractivity contribution in [1.29, 1.82) is 0 Å². The predicted molar refractivity (Wildman–Crippen MR) is 98.6 cm³/mol. The molecule has 26 heavy (non-hydrogen) atoms. The van der Waals surface area contributed by atoms with E-state index in [4.69, 9.17) is 4.74 Å². The van der Waals surface area contributed by atoms with E-state index in [9.17, 15) is 15.0 Å². The van der Waals surface area contributed by atoms with E-state index >= 15 is 0 Å². The van der Waals surface area contributed by atoms with Crippen LogP contribution in [0, 0.1) is 6.92 Å². The van der Waals surface area contributed by atoms with Gasteiger partial charge in [0.15, 0.2) is 0 Å². The molecule has 1 aromatic rings. The number of rotatable bonds is 4. The first-order valence-corrected chi connectivity index (χ1v) is 9.39. The molecule has 2 aliphatic heterocycles. The molecule has 6 nitrogen and oxygen atoms in total. The van der Waals surface area contributed by atoms with Gasteiger partial charge in [0.05, 0.1) is 24.9 Å². The topological polar surface area (TPSA) is 73.2 Å². The Morgan fingerprint density at radius 3 is 2.50 bits per heavy atom. The van der Waals surface area contributed by atoms with E-state index in [1.54, 1.807) is 0 Å². The molecule has 0 bridgehead atoms. The van der Waals surface area contributed by atoms with Crippen LogP contribution in [0.3, 0.4) is 0 Å². The average molecular weight is 362 g/mol. The van der Waals surface area contributed by atoms with Gasteiger partial charge in [-0.25, -0.2) is 0 Å². The quantitative estimate of drug-likeness (QED) is 0.834. The first-order chi connectivity index (χ1) is 12.4. The van der Waals surface area contributed by atoms with Crippen molar-refractivity contribution in [3.63, 3.8) is 0 Å². The van der Waals surface area contributed by atoms with Crippen LogP contribution < -0.4 is 0 Å². The molecule has 0 aliphatic carbocycles. The summed E-state index contributed by atoms with van der Waals surface area (Å²) in [4.78, 5) is 16.5. The van der Waals surface area contributed by atoms with Crippen LogP contribution >= 0.6 is 0 Å². The Morgan fingerprint density at radius 2 is 1.88 bits per heavy atom. The number of amides is 1. The summed E-state index contributed by atoms with van der Waals surface area (Å²) in [5.74, 6) is 0.130.